The number of nitrogens with one attached hydrogen (secondary N) is 1. The first-order valence-electron chi connectivity index (χ1n) is 7.02. The Hall–Kier alpha value is -1.53. The molecule has 0 fully saturated rings. The summed E-state index contributed by atoms with van der Waals surface area (Å²) < 4.78 is 7.38. The number of thioether (sulfide) groups is 1. The van der Waals surface area contributed by atoms with Gasteiger partial charge in [0.1, 0.15) is 12.1 Å². The lowest BCUT2D eigenvalue weighted by atomic mass is 10.0. The Morgan fingerprint density at radius 2 is 2.24 bits per heavy atom. The summed E-state index contributed by atoms with van der Waals surface area (Å²) in [6.07, 6.45) is 1.71. The largest absolute Gasteiger partial charge is 0.496 e. The van der Waals surface area contributed by atoms with Gasteiger partial charge in [-0.3, -0.25) is 0 Å². The normalized spacial score (nSPS) is 12.4. The van der Waals surface area contributed by atoms with Crippen molar-refractivity contribution < 1.29 is 4.74 Å². The first-order valence-corrected chi connectivity index (χ1v) is 8.01. The molecule has 5 nitrogen and oxygen atoms in total. The van der Waals surface area contributed by atoms with Gasteiger partial charge in [-0.05, 0) is 31.2 Å². The number of hydrogen-bond acceptors (Lipinski definition) is 5. The number of methoxy groups -OCH3 is 1. The van der Waals surface area contributed by atoms with Crippen LogP contribution in [-0.4, -0.2) is 28.4 Å². The van der Waals surface area contributed by atoms with E-state index in [4.69, 9.17) is 4.74 Å². The fraction of sp³-hybridized carbons (Fsp3) is 0.467. The molecule has 6 heteroatoms. The molecule has 0 saturated heterocycles. The van der Waals surface area contributed by atoms with Gasteiger partial charge in [-0.15, -0.1) is 10.2 Å². The highest BCUT2D eigenvalue weighted by atomic mass is 32.2. The number of aromatic nitrogens is 3. The maximum absolute atomic E-state index is 5.46. The Labute approximate surface area is 130 Å². The quantitative estimate of drug-likeness (QED) is 0.797. The Morgan fingerprint density at radius 3 is 2.86 bits per heavy atom. The Kier molecular flexibility index (Phi) is 5.64. The number of benzene rings is 1. The summed E-state index contributed by atoms with van der Waals surface area (Å²) in [5.74, 6) is 1.72. The van der Waals surface area contributed by atoms with Crippen LogP contribution >= 0.6 is 11.8 Å². The van der Waals surface area contributed by atoms with Gasteiger partial charge in [0.05, 0.1) is 7.11 Å². The predicted molar refractivity (Wildman–Crippen MR) is 85.6 cm³/mol. The van der Waals surface area contributed by atoms with Crippen LogP contribution in [0.15, 0.2) is 29.7 Å². The number of rotatable bonds is 7. The molecule has 1 aromatic heterocycles. The summed E-state index contributed by atoms with van der Waals surface area (Å²) in [5, 5.41) is 12.3. The second-order valence-corrected chi connectivity index (χ2v) is 5.81. The summed E-state index contributed by atoms with van der Waals surface area (Å²) >= 11 is 1.66. The van der Waals surface area contributed by atoms with Crippen molar-refractivity contribution >= 4 is 11.8 Å². The molecule has 0 aliphatic rings. The van der Waals surface area contributed by atoms with Gasteiger partial charge in [0, 0.05) is 24.4 Å². The van der Waals surface area contributed by atoms with Crippen molar-refractivity contribution in [1.82, 2.24) is 20.1 Å². The maximum atomic E-state index is 5.46. The topological polar surface area (TPSA) is 52.0 Å². The summed E-state index contributed by atoms with van der Waals surface area (Å²) in [5.41, 5.74) is 2.44. The smallest absolute Gasteiger partial charge is 0.191 e. The third kappa shape index (κ3) is 3.98. The molecule has 0 spiro atoms. The van der Waals surface area contributed by atoms with Crippen LogP contribution in [0.1, 0.15) is 31.0 Å². The maximum Gasteiger partial charge on any atom is 0.191 e. The molecule has 0 saturated carbocycles. The molecule has 1 heterocycles. The minimum absolute atomic E-state index is 0.333. The van der Waals surface area contributed by atoms with Gasteiger partial charge in [0.25, 0.3) is 0 Å². The summed E-state index contributed by atoms with van der Waals surface area (Å²) in [6.45, 7) is 5.24. The van der Waals surface area contributed by atoms with Crippen molar-refractivity contribution in [2.24, 2.45) is 7.05 Å². The van der Waals surface area contributed by atoms with Crippen LogP contribution in [0, 0.1) is 0 Å². The molecule has 114 valence electrons. The monoisotopic (exact) mass is 306 g/mol. The third-order valence-corrected chi connectivity index (χ3v) is 4.42. The van der Waals surface area contributed by atoms with E-state index in [9.17, 15) is 0 Å². The fourth-order valence-corrected chi connectivity index (χ4v) is 3.02. The van der Waals surface area contributed by atoms with Crippen LogP contribution in [-0.2, 0) is 12.8 Å². The standard InChI is InChI=1S/C15H22N4OS/c1-5-16-11(2)12-6-7-14(20-4)13(8-12)9-21-15-18-17-10-19(15)3/h6-8,10-11,16H,5,9H2,1-4H3. The lowest BCUT2D eigenvalue weighted by molar-refractivity contribution is 0.411. The molecule has 0 bridgehead atoms. The number of ether oxygens (including phenoxy) is 1. The van der Waals surface area contributed by atoms with Crippen LogP contribution in [0.3, 0.4) is 0 Å². The van der Waals surface area contributed by atoms with Crippen LogP contribution in [0.5, 0.6) is 5.75 Å². The molecule has 0 amide bonds. The number of aryl methyl sites for hydroxylation is 1. The van der Waals surface area contributed by atoms with Gasteiger partial charge in [-0.25, -0.2) is 0 Å². The van der Waals surface area contributed by atoms with Crippen LogP contribution in [0.2, 0.25) is 0 Å². The van der Waals surface area contributed by atoms with Crippen molar-refractivity contribution in [2.45, 2.75) is 30.8 Å². The van der Waals surface area contributed by atoms with Crippen molar-refractivity contribution in [3.8, 4) is 5.75 Å². The SMILES string of the molecule is CCNC(C)c1ccc(OC)c(CSc2nncn2C)c1. The van der Waals surface area contributed by atoms with Crippen molar-refractivity contribution in [2.75, 3.05) is 13.7 Å². The Morgan fingerprint density at radius 1 is 1.43 bits per heavy atom. The summed E-state index contributed by atoms with van der Waals surface area (Å²) in [6, 6.07) is 6.69. The van der Waals surface area contributed by atoms with Gasteiger partial charge in [0.2, 0.25) is 0 Å². The van der Waals surface area contributed by atoms with E-state index in [2.05, 4.69) is 41.5 Å². The van der Waals surface area contributed by atoms with Crippen molar-refractivity contribution in [3.05, 3.63) is 35.7 Å². The van der Waals surface area contributed by atoms with Gasteiger partial charge >= 0.3 is 0 Å². The average molecular weight is 306 g/mol. The lowest BCUT2D eigenvalue weighted by Crippen LogP contribution is -2.17. The lowest BCUT2D eigenvalue weighted by Gasteiger charge is -2.16. The van der Waals surface area contributed by atoms with E-state index in [1.165, 1.54) is 11.1 Å². The zero-order valence-electron chi connectivity index (χ0n) is 13.0. The second kappa shape index (κ2) is 7.47. The van der Waals surface area contributed by atoms with E-state index >= 15 is 0 Å². The molecule has 1 unspecified atom stereocenters. The minimum Gasteiger partial charge on any atom is -0.496 e. The highest BCUT2D eigenvalue weighted by molar-refractivity contribution is 7.98. The predicted octanol–water partition coefficient (Wildman–Crippen LogP) is 2.79. The molecule has 21 heavy (non-hydrogen) atoms. The van der Waals surface area contributed by atoms with E-state index < -0.39 is 0 Å². The van der Waals surface area contributed by atoms with Crippen molar-refractivity contribution in [3.63, 3.8) is 0 Å². The van der Waals surface area contributed by atoms with Gasteiger partial charge in [-0.2, -0.15) is 0 Å². The summed E-state index contributed by atoms with van der Waals surface area (Å²) in [7, 11) is 3.66. The Balaban J connectivity index is 2.15. The zero-order valence-corrected chi connectivity index (χ0v) is 13.8. The minimum atomic E-state index is 0.333. The van der Waals surface area contributed by atoms with E-state index in [1.54, 1.807) is 25.2 Å². The van der Waals surface area contributed by atoms with E-state index in [0.29, 0.717) is 6.04 Å². The van der Waals surface area contributed by atoms with Crippen LogP contribution < -0.4 is 10.1 Å². The fourth-order valence-electron chi connectivity index (χ4n) is 2.15. The highest BCUT2D eigenvalue weighted by Crippen LogP contribution is 2.29. The van der Waals surface area contributed by atoms with Gasteiger partial charge < -0.3 is 14.6 Å². The van der Waals surface area contributed by atoms with E-state index in [-0.39, 0.29) is 0 Å². The van der Waals surface area contributed by atoms with Gasteiger partial charge in [-0.1, -0.05) is 24.8 Å². The Bertz CT molecular complexity index is 585. The van der Waals surface area contributed by atoms with E-state index in [1.807, 2.05) is 17.7 Å². The van der Waals surface area contributed by atoms with Crippen LogP contribution in [0.4, 0.5) is 0 Å². The molecule has 1 N–H and O–H groups in total. The van der Waals surface area contributed by atoms with E-state index in [0.717, 1.165) is 23.2 Å². The third-order valence-electron chi connectivity index (χ3n) is 3.34. The van der Waals surface area contributed by atoms with Crippen molar-refractivity contribution in [1.29, 1.82) is 0 Å². The van der Waals surface area contributed by atoms with Gasteiger partial charge in [0.15, 0.2) is 5.16 Å². The first kappa shape index (κ1) is 15.9. The molecule has 0 aliphatic heterocycles. The second-order valence-electron chi connectivity index (χ2n) is 4.86. The molecule has 0 aliphatic carbocycles. The zero-order chi connectivity index (χ0) is 15.2. The summed E-state index contributed by atoms with van der Waals surface area (Å²) in [4.78, 5) is 0. The average Bonchev–Trinajstić information content (AvgIpc) is 2.90. The molecule has 0 radical (unpaired) electrons. The molecule has 1 atom stereocenters. The number of nitrogens with zero attached hydrogens (tertiary/aromatic N) is 3. The molecular weight excluding hydrogens is 284 g/mol. The molecular formula is C15H22N4OS. The number of hydrogen-bond donors (Lipinski definition) is 1. The molecule has 2 rings (SSSR count). The highest BCUT2D eigenvalue weighted by Gasteiger charge is 2.11. The van der Waals surface area contributed by atoms with Crippen LogP contribution in [0.25, 0.3) is 0 Å². The molecule has 2 aromatic rings. The molecule has 1 aromatic carbocycles. The first-order chi connectivity index (χ1) is 10.2.